The molecule has 1 unspecified atom stereocenters. The first kappa shape index (κ1) is 21.9. The first-order chi connectivity index (χ1) is 14.1. The number of amides is 3. The molecule has 3 rings (SSSR count). The van der Waals surface area contributed by atoms with Crippen LogP contribution >= 0.6 is 11.8 Å². The smallest absolute Gasteiger partial charge is 0.321 e. The Hall–Kier alpha value is -2.75. The van der Waals surface area contributed by atoms with Gasteiger partial charge in [0.15, 0.2) is 5.82 Å². The predicted molar refractivity (Wildman–Crippen MR) is 115 cm³/mol. The van der Waals surface area contributed by atoms with E-state index in [9.17, 15) is 9.59 Å². The van der Waals surface area contributed by atoms with E-state index in [1.54, 1.807) is 6.92 Å². The summed E-state index contributed by atoms with van der Waals surface area (Å²) in [6, 6.07) is 7.59. The maximum absolute atomic E-state index is 12.2. The van der Waals surface area contributed by atoms with Crippen molar-refractivity contribution in [3.05, 3.63) is 35.7 Å². The zero-order valence-electron chi connectivity index (χ0n) is 17.6. The Kier molecular flexibility index (Phi) is 6.55. The number of urea groups is 1. The summed E-state index contributed by atoms with van der Waals surface area (Å²) in [6.07, 6.45) is 1.90. The van der Waals surface area contributed by atoms with E-state index < -0.39 is 17.2 Å². The number of nitrogens with one attached hydrogen (secondary N) is 2. The molecule has 2 aromatic rings. The quantitative estimate of drug-likeness (QED) is 0.453. The van der Waals surface area contributed by atoms with Crippen molar-refractivity contribution in [2.75, 3.05) is 5.84 Å². The Balaban J connectivity index is 1.52. The third-order valence-corrected chi connectivity index (χ3v) is 5.68. The SMILES string of the molecule is CC(Sc1nnc(COc2ccc(C(C)(C)C)cc2)n1N)C(=O)NC(=O)NC1CC1. The van der Waals surface area contributed by atoms with Crippen molar-refractivity contribution in [2.24, 2.45) is 0 Å². The number of nitrogens with two attached hydrogens (primary N) is 1. The minimum atomic E-state index is -0.569. The lowest BCUT2D eigenvalue weighted by molar-refractivity contribution is -0.119. The summed E-state index contributed by atoms with van der Waals surface area (Å²) in [6.45, 7) is 8.27. The molecule has 1 atom stereocenters. The minimum Gasteiger partial charge on any atom is -0.486 e. The maximum Gasteiger partial charge on any atom is 0.321 e. The van der Waals surface area contributed by atoms with E-state index in [4.69, 9.17) is 10.6 Å². The molecule has 0 saturated heterocycles. The number of hydrogen-bond acceptors (Lipinski definition) is 7. The number of nitrogens with zero attached hydrogens (tertiary/aromatic N) is 3. The largest absolute Gasteiger partial charge is 0.486 e. The summed E-state index contributed by atoms with van der Waals surface area (Å²) in [5, 5.41) is 12.9. The number of hydrogen-bond donors (Lipinski definition) is 3. The molecule has 1 saturated carbocycles. The van der Waals surface area contributed by atoms with Crippen LogP contribution in [0.4, 0.5) is 4.79 Å². The van der Waals surface area contributed by atoms with E-state index in [1.807, 2.05) is 24.3 Å². The van der Waals surface area contributed by atoms with Crippen molar-refractivity contribution in [3.63, 3.8) is 0 Å². The van der Waals surface area contributed by atoms with Gasteiger partial charge in [-0.1, -0.05) is 44.7 Å². The Morgan fingerprint density at radius 1 is 1.27 bits per heavy atom. The standard InChI is InChI=1S/C20H28N6O3S/c1-12(17(27)23-18(28)22-14-7-8-14)30-19-25-24-16(26(19)21)11-29-15-9-5-13(6-10-15)20(2,3)4/h5-6,9-10,12,14H,7-8,11,21H2,1-4H3,(H2,22,23,27,28). The number of ether oxygens (including phenoxy) is 1. The molecule has 0 radical (unpaired) electrons. The number of benzene rings is 1. The maximum atomic E-state index is 12.2. The van der Waals surface area contributed by atoms with E-state index in [1.165, 1.54) is 10.2 Å². The van der Waals surface area contributed by atoms with Crippen molar-refractivity contribution in [2.45, 2.75) is 69.0 Å². The minimum absolute atomic E-state index is 0.0731. The van der Waals surface area contributed by atoms with Crippen molar-refractivity contribution < 1.29 is 14.3 Å². The molecule has 10 heteroatoms. The molecule has 0 spiro atoms. The average molecular weight is 433 g/mol. The molecule has 1 aromatic heterocycles. The van der Waals surface area contributed by atoms with Crippen LogP contribution in [0.1, 0.15) is 51.9 Å². The van der Waals surface area contributed by atoms with Crippen molar-refractivity contribution in [1.29, 1.82) is 0 Å². The number of imide groups is 1. The lowest BCUT2D eigenvalue weighted by Gasteiger charge is -2.19. The van der Waals surface area contributed by atoms with Crippen LogP contribution in [0.2, 0.25) is 0 Å². The lowest BCUT2D eigenvalue weighted by Crippen LogP contribution is -2.43. The second-order valence-electron chi connectivity index (χ2n) is 8.33. The molecule has 4 N–H and O–H groups in total. The fourth-order valence-electron chi connectivity index (χ4n) is 2.56. The first-order valence-electron chi connectivity index (χ1n) is 9.84. The topological polar surface area (TPSA) is 124 Å². The molecule has 1 aromatic carbocycles. The highest BCUT2D eigenvalue weighted by molar-refractivity contribution is 8.00. The first-order valence-corrected chi connectivity index (χ1v) is 10.7. The van der Waals surface area contributed by atoms with Crippen LogP contribution in [0.15, 0.2) is 29.4 Å². The fourth-order valence-corrected chi connectivity index (χ4v) is 3.35. The van der Waals surface area contributed by atoms with Gasteiger partial charge in [0.1, 0.15) is 12.4 Å². The molecule has 0 aliphatic heterocycles. The molecular formula is C20H28N6O3S. The van der Waals surface area contributed by atoms with Crippen LogP contribution in [-0.4, -0.2) is 38.1 Å². The van der Waals surface area contributed by atoms with E-state index in [-0.39, 0.29) is 18.1 Å². The second-order valence-corrected chi connectivity index (χ2v) is 9.64. The lowest BCUT2D eigenvalue weighted by atomic mass is 9.87. The molecule has 1 fully saturated rings. The van der Waals surface area contributed by atoms with Gasteiger partial charge in [-0.2, -0.15) is 0 Å². The summed E-state index contributed by atoms with van der Waals surface area (Å²) >= 11 is 1.12. The van der Waals surface area contributed by atoms with Gasteiger partial charge in [-0.05, 0) is 42.9 Å². The number of carbonyl (C=O) groups is 2. The average Bonchev–Trinajstić information content (AvgIpc) is 3.43. The third kappa shape index (κ3) is 5.88. The van der Waals surface area contributed by atoms with Gasteiger partial charge in [0.25, 0.3) is 0 Å². The van der Waals surface area contributed by atoms with Crippen LogP contribution in [0.25, 0.3) is 0 Å². The monoisotopic (exact) mass is 432 g/mol. The molecule has 30 heavy (non-hydrogen) atoms. The van der Waals surface area contributed by atoms with Crippen LogP contribution in [0, 0.1) is 0 Å². The Labute approximate surface area is 180 Å². The molecule has 0 bridgehead atoms. The summed E-state index contributed by atoms with van der Waals surface area (Å²) in [4.78, 5) is 23.9. The second kappa shape index (κ2) is 8.95. The molecule has 1 aliphatic rings. The highest BCUT2D eigenvalue weighted by Gasteiger charge is 2.26. The normalized spacial score (nSPS) is 14.8. The van der Waals surface area contributed by atoms with Crippen molar-refractivity contribution >= 4 is 23.7 Å². The van der Waals surface area contributed by atoms with E-state index in [0.29, 0.717) is 16.7 Å². The zero-order chi connectivity index (χ0) is 21.9. The van der Waals surface area contributed by atoms with Gasteiger partial charge in [-0.25, -0.2) is 9.47 Å². The van der Waals surface area contributed by atoms with Gasteiger partial charge in [-0.3, -0.25) is 10.1 Å². The Morgan fingerprint density at radius 2 is 1.93 bits per heavy atom. The number of rotatable bonds is 7. The summed E-state index contributed by atoms with van der Waals surface area (Å²) in [5.74, 6) is 6.76. The summed E-state index contributed by atoms with van der Waals surface area (Å²) < 4.78 is 7.05. The van der Waals surface area contributed by atoms with Gasteiger partial charge in [-0.15, -0.1) is 10.2 Å². The molecule has 162 valence electrons. The predicted octanol–water partition coefficient (Wildman–Crippen LogP) is 2.34. The highest BCUT2D eigenvalue weighted by Crippen LogP contribution is 2.25. The molecule has 1 heterocycles. The van der Waals surface area contributed by atoms with E-state index >= 15 is 0 Å². The number of carbonyl (C=O) groups excluding carboxylic acids is 2. The van der Waals surface area contributed by atoms with Crippen molar-refractivity contribution in [3.8, 4) is 5.75 Å². The van der Waals surface area contributed by atoms with Gasteiger partial charge < -0.3 is 15.9 Å². The number of nitrogen functional groups attached to an aromatic ring is 1. The van der Waals surface area contributed by atoms with Gasteiger partial charge in [0.05, 0.1) is 5.25 Å². The van der Waals surface area contributed by atoms with Gasteiger partial charge in [0, 0.05) is 6.04 Å². The molecule has 1 aliphatic carbocycles. The molecule has 9 nitrogen and oxygen atoms in total. The van der Waals surface area contributed by atoms with Gasteiger partial charge in [0.2, 0.25) is 11.1 Å². The van der Waals surface area contributed by atoms with Crippen LogP contribution in [0.5, 0.6) is 5.75 Å². The van der Waals surface area contributed by atoms with E-state index in [2.05, 4.69) is 41.6 Å². The molecule has 3 amide bonds. The fraction of sp³-hybridized carbons (Fsp3) is 0.500. The third-order valence-electron chi connectivity index (χ3n) is 4.62. The van der Waals surface area contributed by atoms with E-state index in [0.717, 1.165) is 24.6 Å². The Bertz CT molecular complexity index is 902. The molecular weight excluding hydrogens is 404 g/mol. The summed E-state index contributed by atoms with van der Waals surface area (Å²) in [5.41, 5.74) is 1.29. The van der Waals surface area contributed by atoms with Crippen LogP contribution in [0.3, 0.4) is 0 Å². The zero-order valence-corrected chi connectivity index (χ0v) is 18.5. The van der Waals surface area contributed by atoms with Gasteiger partial charge >= 0.3 is 6.03 Å². The summed E-state index contributed by atoms with van der Waals surface area (Å²) in [7, 11) is 0. The van der Waals surface area contributed by atoms with Crippen LogP contribution in [-0.2, 0) is 16.8 Å². The highest BCUT2D eigenvalue weighted by atomic mass is 32.2. The van der Waals surface area contributed by atoms with Crippen molar-refractivity contribution in [1.82, 2.24) is 25.5 Å². The van der Waals surface area contributed by atoms with Crippen LogP contribution < -0.4 is 21.2 Å². The number of thioether (sulfide) groups is 1. The Morgan fingerprint density at radius 3 is 2.53 bits per heavy atom. The number of aromatic nitrogens is 3.